The number of aromatic nitrogens is 2. The molecule has 9 heteroatoms. The van der Waals surface area contributed by atoms with Crippen LogP contribution in [0.4, 0.5) is 19.0 Å². The number of hydrogen-bond donors (Lipinski definition) is 2. The minimum Gasteiger partial charge on any atom is -0.462 e. The zero-order chi connectivity index (χ0) is 13.1. The molecule has 1 heterocycles. The van der Waals surface area contributed by atoms with Crippen molar-refractivity contribution in [3.63, 3.8) is 0 Å². The number of carbonyl (C=O) groups excluding carboxylic acids is 2. The highest BCUT2D eigenvalue weighted by molar-refractivity contribution is 6.01. The molecule has 0 bridgehead atoms. The van der Waals surface area contributed by atoms with Crippen LogP contribution in [-0.4, -0.2) is 34.9 Å². The second kappa shape index (κ2) is 4.85. The summed E-state index contributed by atoms with van der Waals surface area (Å²) in [7, 11) is 0. The number of halogens is 3. The third-order valence-electron chi connectivity index (χ3n) is 1.63. The maximum Gasteiger partial charge on any atom is 0.471 e. The summed E-state index contributed by atoms with van der Waals surface area (Å²) in [4.78, 5) is 21.9. The van der Waals surface area contributed by atoms with Gasteiger partial charge < -0.3 is 10.1 Å². The van der Waals surface area contributed by atoms with Crippen LogP contribution < -0.4 is 5.32 Å². The summed E-state index contributed by atoms with van der Waals surface area (Å²) < 4.78 is 40.4. The lowest BCUT2D eigenvalue weighted by molar-refractivity contribution is -0.167. The van der Waals surface area contributed by atoms with E-state index in [2.05, 4.69) is 14.9 Å². The second-order valence-electron chi connectivity index (χ2n) is 2.83. The van der Waals surface area contributed by atoms with E-state index in [1.807, 2.05) is 0 Å². The summed E-state index contributed by atoms with van der Waals surface area (Å²) in [5, 5.41) is 6.90. The standard InChI is InChI=1S/C8H8F3N3O3/c1-2-17-6(15)4-3-12-14-5(4)13-7(16)8(9,10)11/h3H,2H2,1H3,(H2,12,13,14,16). The Morgan fingerprint density at radius 1 is 1.53 bits per heavy atom. The quantitative estimate of drug-likeness (QED) is 0.787. The second-order valence-corrected chi connectivity index (χ2v) is 2.83. The Morgan fingerprint density at radius 3 is 2.71 bits per heavy atom. The van der Waals surface area contributed by atoms with Crippen LogP contribution in [-0.2, 0) is 9.53 Å². The summed E-state index contributed by atoms with van der Waals surface area (Å²) in [6, 6.07) is 0. The molecule has 0 aliphatic carbocycles. The van der Waals surface area contributed by atoms with Gasteiger partial charge in [-0.05, 0) is 6.92 Å². The van der Waals surface area contributed by atoms with E-state index in [0.29, 0.717) is 0 Å². The number of hydrogen-bond acceptors (Lipinski definition) is 4. The summed E-state index contributed by atoms with van der Waals surface area (Å²) in [5.41, 5.74) is -0.274. The third kappa shape index (κ3) is 3.20. The van der Waals surface area contributed by atoms with Crippen molar-refractivity contribution < 1.29 is 27.5 Å². The van der Waals surface area contributed by atoms with Crippen LogP contribution in [0, 0.1) is 0 Å². The number of nitrogens with zero attached hydrogens (tertiary/aromatic N) is 1. The summed E-state index contributed by atoms with van der Waals surface area (Å²) in [5.74, 6) is -3.53. The fourth-order valence-electron chi connectivity index (χ4n) is 0.929. The maximum atomic E-state index is 12.0. The van der Waals surface area contributed by atoms with Gasteiger partial charge in [-0.25, -0.2) is 4.79 Å². The van der Waals surface area contributed by atoms with Crippen LogP contribution in [0.3, 0.4) is 0 Å². The Morgan fingerprint density at radius 2 is 2.18 bits per heavy atom. The van der Waals surface area contributed by atoms with E-state index in [-0.39, 0.29) is 12.2 Å². The molecule has 0 spiro atoms. The first-order valence-electron chi connectivity index (χ1n) is 4.45. The first kappa shape index (κ1) is 13.0. The summed E-state index contributed by atoms with van der Waals surface area (Å²) >= 11 is 0. The van der Waals surface area contributed by atoms with Crippen molar-refractivity contribution in [2.45, 2.75) is 13.1 Å². The average Bonchev–Trinajstić information content (AvgIpc) is 2.64. The van der Waals surface area contributed by atoms with Crippen molar-refractivity contribution in [1.82, 2.24) is 10.2 Å². The first-order valence-corrected chi connectivity index (χ1v) is 4.45. The van der Waals surface area contributed by atoms with E-state index < -0.39 is 23.9 Å². The molecule has 1 rings (SSSR count). The van der Waals surface area contributed by atoms with Gasteiger partial charge >= 0.3 is 18.1 Å². The largest absolute Gasteiger partial charge is 0.471 e. The van der Waals surface area contributed by atoms with Crippen molar-refractivity contribution in [2.24, 2.45) is 0 Å². The highest BCUT2D eigenvalue weighted by Crippen LogP contribution is 2.19. The van der Waals surface area contributed by atoms with Gasteiger partial charge in [0, 0.05) is 0 Å². The van der Waals surface area contributed by atoms with E-state index >= 15 is 0 Å². The molecule has 0 aromatic carbocycles. The lowest BCUT2D eigenvalue weighted by atomic mass is 10.3. The summed E-state index contributed by atoms with van der Waals surface area (Å²) in [6.07, 6.45) is -4.08. The molecule has 0 aliphatic heterocycles. The predicted octanol–water partition coefficient (Wildman–Crippen LogP) is 1.09. The first-order chi connectivity index (χ1) is 7.86. The van der Waals surface area contributed by atoms with E-state index in [1.54, 1.807) is 0 Å². The fourth-order valence-corrected chi connectivity index (χ4v) is 0.929. The zero-order valence-electron chi connectivity index (χ0n) is 8.59. The number of H-pyrrole nitrogens is 1. The third-order valence-corrected chi connectivity index (χ3v) is 1.63. The predicted molar refractivity (Wildman–Crippen MR) is 49.2 cm³/mol. The highest BCUT2D eigenvalue weighted by Gasteiger charge is 2.39. The molecule has 0 radical (unpaired) electrons. The number of amides is 1. The molecule has 17 heavy (non-hydrogen) atoms. The number of nitrogens with one attached hydrogen (secondary N) is 2. The molecule has 0 saturated carbocycles. The van der Waals surface area contributed by atoms with Gasteiger partial charge in [0.2, 0.25) is 0 Å². The Balaban J connectivity index is 2.83. The van der Waals surface area contributed by atoms with Gasteiger partial charge in [-0.2, -0.15) is 18.3 Å². The van der Waals surface area contributed by atoms with Crippen LogP contribution in [0.1, 0.15) is 17.3 Å². The molecule has 1 aromatic heterocycles. The number of ether oxygens (including phenoxy) is 1. The van der Waals surface area contributed by atoms with Crippen molar-refractivity contribution in [2.75, 3.05) is 11.9 Å². The summed E-state index contributed by atoms with van der Waals surface area (Å²) in [6.45, 7) is 1.59. The normalized spacial score (nSPS) is 11.1. The Hall–Kier alpha value is -2.06. The minimum absolute atomic E-state index is 0.0523. The molecule has 2 N–H and O–H groups in total. The molecule has 1 aromatic rings. The van der Waals surface area contributed by atoms with Crippen LogP contribution in [0.5, 0.6) is 0 Å². The van der Waals surface area contributed by atoms with Crippen molar-refractivity contribution in [3.05, 3.63) is 11.8 Å². The van der Waals surface area contributed by atoms with Crippen molar-refractivity contribution in [3.8, 4) is 0 Å². The van der Waals surface area contributed by atoms with Crippen LogP contribution >= 0.6 is 0 Å². The van der Waals surface area contributed by atoms with Gasteiger partial charge in [-0.1, -0.05) is 0 Å². The van der Waals surface area contributed by atoms with E-state index in [9.17, 15) is 22.8 Å². The Kier molecular flexibility index (Phi) is 3.71. The smallest absolute Gasteiger partial charge is 0.462 e. The topological polar surface area (TPSA) is 84.1 Å². The molecule has 6 nitrogen and oxygen atoms in total. The minimum atomic E-state index is -5.04. The molecular formula is C8H8F3N3O3. The lowest BCUT2D eigenvalue weighted by Crippen LogP contribution is -2.30. The maximum absolute atomic E-state index is 12.0. The van der Waals surface area contributed by atoms with Crippen molar-refractivity contribution >= 4 is 17.7 Å². The molecule has 1 amide bonds. The highest BCUT2D eigenvalue weighted by atomic mass is 19.4. The number of anilines is 1. The Labute approximate surface area is 93.1 Å². The molecule has 0 aliphatic rings. The Bertz CT molecular complexity index is 427. The van der Waals surface area contributed by atoms with Gasteiger partial charge in [-0.15, -0.1) is 0 Å². The monoisotopic (exact) mass is 251 g/mol. The van der Waals surface area contributed by atoms with Crippen LogP contribution in [0.25, 0.3) is 0 Å². The zero-order valence-corrected chi connectivity index (χ0v) is 8.59. The van der Waals surface area contributed by atoms with E-state index in [4.69, 9.17) is 0 Å². The molecule has 0 atom stereocenters. The van der Waals surface area contributed by atoms with Gasteiger partial charge in [0.15, 0.2) is 0 Å². The number of aromatic amines is 1. The van der Waals surface area contributed by atoms with Gasteiger partial charge in [0.25, 0.3) is 0 Å². The van der Waals surface area contributed by atoms with Gasteiger partial charge in [0.05, 0.1) is 12.8 Å². The number of carbonyl (C=O) groups is 2. The molecule has 0 unspecified atom stereocenters. The fraction of sp³-hybridized carbons (Fsp3) is 0.375. The molecule has 0 saturated heterocycles. The average molecular weight is 251 g/mol. The number of rotatable bonds is 3. The van der Waals surface area contributed by atoms with Gasteiger partial charge in [0.1, 0.15) is 11.4 Å². The number of esters is 1. The molecule has 0 fully saturated rings. The number of alkyl halides is 3. The van der Waals surface area contributed by atoms with Gasteiger partial charge in [-0.3, -0.25) is 9.89 Å². The molecular weight excluding hydrogens is 243 g/mol. The molecule has 94 valence electrons. The lowest BCUT2D eigenvalue weighted by Gasteiger charge is -2.07. The van der Waals surface area contributed by atoms with Crippen LogP contribution in [0.2, 0.25) is 0 Å². The van der Waals surface area contributed by atoms with Crippen molar-refractivity contribution in [1.29, 1.82) is 0 Å². The van der Waals surface area contributed by atoms with Crippen LogP contribution in [0.15, 0.2) is 6.20 Å². The van der Waals surface area contributed by atoms with E-state index in [1.165, 1.54) is 12.2 Å². The SMILES string of the molecule is CCOC(=O)c1cn[nH]c1NC(=O)C(F)(F)F. The van der Waals surface area contributed by atoms with E-state index in [0.717, 1.165) is 6.20 Å².